The average molecular weight is 372 g/mol. The Morgan fingerprint density at radius 3 is 2.08 bits per heavy atom. The van der Waals surface area contributed by atoms with Crippen molar-refractivity contribution >= 4 is 27.7 Å². The molecule has 5 nitrogen and oxygen atoms in total. The molecule has 138 valence electrons. The van der Waals surface area contributed by atoms with Gasteiger partial charge >= 0.3 is 0 Å². The van der Waals surface area contributed by atoms with Gasteiger partial charge in [-0.3, -0.25) is 4.79 Å². The van der Waals surface area contributed by atoms with E-state index in [4.69, 9.17) is 0 Å². The lowest BCUT2D eigenvalue weighted by atomic mass is 10.0. The Labute approximate surface area is 155 Å². The molecule has 0 saturated heterocycles. The van der Waals surface area contributed by atoms with E-state index in [0.717, 1.165) is 9.87 Å². The molecule has 1 N–H and O–H groups in total. The van der Waals surface area contributed by atoms with Gasteiger partial charge in [0, 0.05) is 25.9 Å². The topological polar surface area (TPSA) is 66.5 Å². The van der Waals surface area contributed by atoms with Crippen molar-refractivity contribution in [1.29, 1.82) is 0 Å². The molecular weight excluding hydrogens is 348 g/mol. The minimum Gasteiger partial charge on any atom is -0.323 e. The second-order valence-corrected chi connectivity index (χ2v) is 8.61. The molecule has 0 atom stereocenters. The standard InChI is InChI=1S/C20H24N2O3S/c1-15(2)17-8-5-16(6-9-17)7-14-20(23)21-18-10-12-19(13-11-18)26(24,25)22(3)4/h5-15H,1-4H3,(H,21,23)/b14-7+. The summed E-state index contributed by atoms with van der Waals surface area (Å²) in [6.07, 6.45) is 3.19. The Hall–Kier alpha value is -2.44. The quantitative estimate of drug-likeness (QED) is 0.786. The summed E-state index contributed by atoms with van der Waals surface area (Å²) in [5.41, 5.74) is 2.73. The van der Waals surface area contributed by atoms with E-state index in [2.05, 4.69) is 19.2 Å². The monoisotopic (exact) mass is 372 g/mol. The summed E-state index contributed by atoms with van der Waals surface area (Å²) in [4.78, 5) is 12.2. The third-order valence-electron chi connectivity index (χ3n) is 3.93. The van der Waals surface area contributed by atoms with Gasteiger partial charge in [-0.1, -0.05) is 38.1 Å². The maximum Gasteiger partial charge on any atom is 0.248 e. The second kappa shape index (κ2) is 8.29. The van der Waals surface area contributed by atoms with Crippen LogP contribution in [-0.2, 0) is 14.8 Å². The lowest BCUT2D eigenvalue weighted by Crippen LogP contribution is -2.22. The van der Waals surface area contributed by atoms with E-state index >= 15 is 0 Å². The van der Waals surface area contributed by atoms with Gasteiger partial charge in [-0.05, 0) is 47.4 Å². The lowest BCUT2D eigenvalue weighted by molar-refractivity contribution is -0.111. The predicted molar refractivity (Wildman–Crippen MR) is 106 cm³/mol. The Morgan fingerprint density at radius 2 is 1.58 bits per heavy atom. The smallest absolute Gasteiger partial charge is 0.248 e. The van der Waals surface area contributed by atoms with Crippen LogP contribution in [0.1, 0.15) is 30.9 Å². The third kappa shape index (κ3) is 5.03. The molecule has 1 amide bonds. The summed E-state index contributed by atoms with van der Waals surface area (Å²) in [6, 6.07) is 14.1. The zero-order valence-electron chi connectivity index (χ0n) is 15.4. The number of amides is 1. The molecule has 0 spiro atoms. The van der Waals surface area contributed by atoms with Crippen molar-refractivity contribution in [1.82, 2.24) is 4.31 Å². The maximum atomic E-state index is 12.0. The van der Waals surface area contributed by atoms with Gasteiger partial charge in [-0.25, -0.2) is 12.7 Å². The van der Waals surface area contributed by atoms with Gasteiger partial charge in [0.05, 0.1) is 4.90 Å². The van der Waals surface area contributed by atoms with Crippen LogP contribution in [0.15, 0.2) is 59.5 Å². The highest BCUT2D eigenvalue weighted by Crippen LogP contribution is 2.17. The molecule has 6 heteroatoms. The van der Waals surface area contributed by atoms with Crippen molar-refractivity contribution in [2.45, 2.75) is 24.7 Å². The SMILES string of the molecule is CC(C)c1ccc(/C=C/C(=O)Nc2ccc(S(=O)(=O)N(C)C)cc2)cc1. The lowest BCUT2D eigenvalue weighted by Gasteiger charge is -2.11. The summed E-state index contributed by atoms with van der Waals surface area (Å²) in [5.74, 6) is 0.191. The first-order valence-corrected chi connectivity index (χ1v) is 9.76. The molecule has 0 saturated carbocycles. The third-order valence-corrected chi connectivity index (χ3v) is 5.76. The van der Waals surface area contributed by atoms with Crippen molar-refractivity contribution in [2.75, 3.05) is 19.4 Å². The second-order valence-electron chi connectivity index (χ2n) is 6.46. The first-order chi connectivity index (χ1) is 12.2. The number of nitrogens with zero attached hydrogens (tertiary/aromatic N) is 1. The molecule has 0 bridgehead atoms. The van der Waals surface area contributed by atoms with Gasteiger partial charge in [0.25, 0.3) is 0 Å². The first-order valence-electron chi connectivity index (χ1n) is 8.32. The molecule has 2 rings (SSSR count). The molecule has 0 aliphatic carbocycles. The average Bonchev–Trinajstić information content (AvgIpc) is 2.60. The van der Waals surface area contributed by atoms with Crippen LogP contribution in [0.3, 0.4) is 0 Å². The number of carbonyl (C=O) groups is 1. The molecule has 0 aromatic heterocycles. The van der Waals surface area contributed by atoms with Crippen LogP contribution in [0.5, 0.6) is 0 Å². The van der Waals surface area contributed by atoms with E-state index in [1.165, 1.54) is 37.9 Å². The molecule has 0 unspecified atom stereocenters. The minimum absolute atomic E-state index is 0.182. The van der Waals surface area contributed by atoms with Gasteiger partial charge in [0.15, 0.2) is 0 Å². The van der Waals surface area contributed by atoms with Crippen molar-refractivity contribution in [3.8, 4) is 0 Å². The fourth-order valence-electron chi connectivity index (χ4n) is 2.27. The van der Waals surface area contributed by atoms with Gasteiger partial charge in [0.2, 0.25) is 15.9 Å². The highest BCUT2D eigenvalue weighted by atomic mass is 32.2. The largest absolute Gasteiger partial charge is 0.323 e. The van der Waals surface area contributed by atoms with E-state index < -0.39 is 10.0 Å². The van der Waals surface area contributed by atoms with Crippen LogP contribution in [-0.4, -0.2) is 32.7 Å². The molecule has 26 heavy (non-hydrogen) atoms. The summed E-state index contributed by atoms with van der Waals surface area (Å²) in [6.45, 7) is 4.26. The molecule has 0 aliphatic heterocycles. The molecule has 2 aromatic carbocycles. The zero-order chi connectivity index (χ0) is 19.3. The molecule has 0 aliphatic rings. The number of rotatable bonds is 6. The van der Waals surface area contributed by atoms with Crippen LogP contribution in [0, 0.1) is 0 Å². The highest BCUT2D eigenvalue weighted by Gasteiger charge is 2.16. The normalized spacial score (nSPS) is 12.1. The van der Waals surface area contributed by atoms with Gasteiger partial charge in [0.1, 0.15) is 0 Å². The van der Waals surface area contributed by atoms with Crippen LogP contribution < -0.4 is 5.32 Å². The Morgan fingerprint density at radius 1 is 1.00 bits per heavy atom. The summed E-state index contributed by atoms with van der Waals surface area (Å²) >= 11 is 0. The van der Waals surface area contributed by atoms with Crippen molar-refractivity contribution in [3.63, 3.8) is 0 Å². The number of nitrogens with one attached hydrogen (secondary N) is 1. The molecular formula is C20H24N2O3S. The Balaban J connectivity index is 2.01. The van der Waals surface area contributed by atoms with E-state index in [9.17, 15) is 13.2 Å². The van der Waals surface area contributed by atoms with Crippen LogP contribution >= 0.6 is 0 Å². The molecule has 0 heterocycles. The van der Waals surface area contributed by atoms with E-state index in [0.29, 0.717) is 11.6 Å². The van der Waals surface area contributed by atoms with Crippen molar-refractivity contribution in [3.05, 3.63) is 65.7 Å². The number of carbonyl (C=O) groups excluding carboxylic acids is 1. The van der Waals surface area contributed by atoms with E-state index in [-0.39, 0.29) is 10.8 Å². The fourth-order valence-corrected chi connectivity index (χ4v) is 3.17. The number of hydrogen-bond acceptors (Lipinski definition) is 3. The predicted octanol–water partition coefficient (Wildman–Crippen LogP) is 3.71. The number of hydrogen-bond donors (Lipinski definition) is 1. The van der Waals surface area contributed by atoms with Crippen LogP contribution in [0.25, 0.3) is 6.08 Å². The number of anilines is 1. The summed E-state index contributed by atoms with van der Waals surface area (Å²) < 4.78 is 25.2. The summed E-state index contributed by atoms with van der Waals surface area (Å²) in [5, 5.41) is 2.72. The van der Waals surface area contributed by atoms with Crippen molar-refractivity contribution < 1.29 is 13.2 Å². The van der Waals surface area contributed by atoms with Crippen molar-refractivity contribution in [2.24, 2.45) is 0 Å². The number of benzene rings is 2. The maximum absolute atomic E-state index is 12.0. The summed E-state index contributed by atoms with van der Waals surface area (Å²) in [7, 11) is -0.520. The van der Waals surface area contributed by atoms with Gasteiger partial charge < -0.3 is 5.32 Å². The number of sulfonamides is 1. The Kier molecular flexibility index (Phi) is 6.34. The van der Waals surface area contributed by atoms with E-state index in [1.807, 2.05) is 24.3 Å². The molecule has 2 aromatic rings. The molecule has 0 radical (unpaired) electrons. The highest BCUT2D eigenvalue weighted by molar-refractivity contribution is 7.89. The first kappa shape index (κ1) is 19.9. The fraction of sp³-hybridized carbons (Fsp3) is 0.250. The van der Waals surface area contributed by atoms with Crippen LogP contribution in [0.4, 0.5) is 5.69 Å². The Bertz CT molecular complexity index is 882. The van der Waals surface area contributed by atoms with Gasteiger partial charge in [-0.15, -0.1) is 0 Å². The minimum atomic E-state index is -3.47. The van der Waals surface area contributed by atoms with Gasteiger partial charge in [-0.2, -0.15) is 0 Å². The van der Waals surface area contributed by atoms with E-state index in [1.54, 1.807) is 18.2 Å². The zero-order valence-corrected chi connectivity index (χ0v) is 16.2. The molecule has 0 fully saturated rings. The van der Waals surface area contributed by atoms with Crippen LogP contribution in [0.2, 0.25) is 0 Å².